The molecule has 0 radical (unpaired) electrons. The van der Waals surface area contributed by atoms with E-state index in [2.05, 4.69) is 34.0 Å². The van der Waals surface area contributed by atoms with Crippen molar-refractivity contribution in [3.8, 4) is 0 Å². The van der Waals surface area contributed by atoms with Crippen LogP contribution in [-0.2, 0) is 0 Å². The van der Waals surface area contributed by atoms with Gasteiger partial charge in [-0.15, -0.1) is 0 Å². The third kappa shape index (κ3) is 4.19. The summed E-state index contributed by atoms with van der Waals surface area (Å²) < 4.78 is 0. The lowest BCUT2D eigenvalue weighted by Gasteiger charge is -2.39. The van der Waals surface area contributed by atoms with Gasteiger partial charge >= 0.3 is 0 Å². The molecular weight excluding hydrogens is 224 g/mol. The van der Waals surface area contributed by atoms with E-state index in [0.717, 1.165) is 6.04 Å². The molecule has 2 aliphatic heterocycles. The van der Waals surface area contributed by atoms with Gasteiger partial charge in [0.15, 0.2) is 0 Å². The van der Waals surface area contributed by atoms with Crippen LogP contribution in [0.4, 0.5) is 0 Å². The molecule has 1 N–H and O–H groups in total. The summed E-state index contributed by atoms with van der Waals surface area (Å²) in [4.78, 5) is 7.80. The second-order valence-corrected chi connectivity index (χ2v) is 5.79. The minimum atomic E-state index is 0.768. The van der Waals surface area contributed by atoms with E-state index in [9.17, 15) is 0 Å². The molecule has 2 fully saturated rings. The number of rotatable bonds is 4. The second kappa shape index (κ2) is 7.43. The molecule has 0 aromatic carbocycles. The van der Waals surface area contributed by atoms with Gasteiger partial charge in [0.25, 0.3) is 0 Å². The predicted octanol–water partition coefficient (Wildman–Crippen LogP) is 0.308. The second-order valence-electron chi connectivity index (χ2n) is 5.79. The van der Waals surface area contributed by atoms with E-state index in [1.807, 2.05) is 0 Å². The molecule has 0 spiro atoms. The molecule has 0 aromatic rings. The van der Waals surface area contributed by atoms with Gasteiger partial charge in [-0.05, 0) is 33.0 Å². The topological polar surface area (TPSA) is 21.8 Å². The van der Waals surface area contributed by atoms with Gasteiger partial charge in [0.1, 0.15) is 0 Å². The largest absolute Gasteiger partial charge is 0.315 e. The quantitative estimate of drug-likeness (QED) is 0.779. The Kier molecular flexibility index (Phi) is 5.89. The summed E-state index contributed by atoms with van der Waals surface area (Å²) in [5, 5.41) is 3.48. The lowest BCUT2D eigenvalue weighted by molar-refractivity contribution is 0.0847. The highest BCUT2D eigenvalue weighted by Crippen LogP contribution is 2.10. The van der Waals surface area contributed by atoms with Crippen molar-refractivity contribution >= 4 is 0 Å². The van der Waals surface area contributed by atoms with Gasteiger partial charge < -0.3 is 15.1 Å². The van der Waals surface area contributed by atoms with E-state index in [1.54, 1.807) is 0 Å². The van der Waals surface area contributed by atoms with Crippen LogP contribution in [0.5, 0.6) is 0 Å². The van der Waals surface area contributed by atoms with Crippen molar-refractivity contribution in [2.75, 3.05) is 66.0 Å². The maximum atomic E-state index is 3.48. The molecule has 2 saturated heterocycles. The molecule has 2 heterocycles. The summed E-state index contributed by atoms with van der Waals surface area (Å²) in [6.45, 7) is 13.4. The van der Waals surface area contributed by atoms with Crippen LogP contribution in [0.1, 0.15) is 19.8 Å². The Hall–Kier alpha value is -0.160. The van der Waals surface area contributed by atoms with E-state index >= 15 is 0 Å². The molecule has 4 heteroatoms. The predicted molar refractivity (Wildman–Crippen MR) is 77.1 cm³/mol. The first-order valence-corrected chi connectivity index (χ1v) is 7.65. The van der Waals surface area contributed by atoms with Gasteiger partial charge in [0, 0.05) is 51.9 Å². The molecule has 0 saturated carbocycles. The minimum absolute atomic E-state index is 0.768. The summed E-state index contributed by atoms with van der Waals surface area (Å²) in [7, 11) is 2.27. The summed E-state index contributed by atoms with van der Waals surface area (Å²) in [5.74, 6) is 0. The average molecular weight is 254 g/mol. The number of nitrogens with zero attached hydrogens (tertiary/aromatic N) is 3. The van der Waals surface area contributed by atoms with Crippen LogP contribution >= 0.6 is 0 Å². The van der Waals surface area contributed by atoms with Crippen LogP contribution in [0.15, 0.2) is 0 Å². The smallest absolute Gasteiger partial charge is 0.0218 e. The van der Waals surface area contributed by atoms with Crippen LogP contribution in [0.25, 0.3) is 0 Å². The third-order valence-electron chi connectivity index (χ3n) is 4.50. The number of nitrogens with one attached hydrogen (secondary N) is 1. The van der Waals surface area contributed by atoms with E-state index in [1.165, 1.54) is 71.7 Å². The monoisotopic (exact) mass is 254 g/mol. The molecule has 0 aliphatic carbocycles. The highest BCUT2D eigenvalue weighted by atomic mass is 15.3. The fraction of sp³-hybridized carbons (Fsp3) is 1.00. The highest BCUT2D eigenvalue weighted by molar-refractivity contribution is 4.79. The number of hydrogen-bond acceptors (Lipinski definition) is 4. The van der Waals surface area contributed by atoms with Gasteiger partial charge in [-0.2, -0.15) is 0 Å². The Bertz CT molecular complexity index is 226. The molecule has 2 rings (SSSR count). The fourth-order valence-electron chi connectivity index (χ4n) is 3.06. The van der Waals surface area contributed by atoms with Crippen molar-refractivity contribution in [3.63, 3.8) is 0 Å². The first-order valence-electron chi connectivity index (χ1n) is 7.65. The van der Waals surface area contributed by atoms with Gasteiger partial charge in [-0.25, -0.2) is 0 Å². The van der Waals surface area contributed by atoms with Crippen molar-refractivity contribution in [3.05, 3.63) is 0 Å². The average Bonchev–Trinajstić information content (AvgIpc) is 2.66. The Balaban J connectivity index is 1.69. The molecule has 4 nitrogen and oxygen atoms in total. The molecule has 18 heavy (non-hydrogen) atoms. The fourth-order valence-corrected chi connectivity index (χ4v) is 3.06. The first-order chi connectivity index (χ1) is 8.79. The molecule has 106 valence electrons. The highest BCUT2D eigenvalue weighted by Gasteiger charge is 2.22. The van der Waals surface area contributed by atoms with Crippen LogP contribution < -0.4 is 5.32 Å². The normalized spacial score (nSPS) is 29.3. The van der Waals surface area contributed by atoms with Crippen molar-refractivity contribution < 1.29 is 0 Å². The van der Waals surface area contributed by atoms with Crippen LogP contribution in [0.2, 0.25) is 0 Å². The molecule has 2 aliphatic rings. The maximum absolute atomic E-state index is 3.48. The maximum Gasteiger partial charge on any atom is 0.0218 e. The van der Waals surface area contributed by atoms with Crippen LogP contribution in [0.3, 0.4) is 0 Å². The molecular formula is C14H30N4. The summed E-state index contributed by atoms with van der Waals surface area (Å²) in [5.41, 5.74) is 0. The minimum Gasteiger partial charge on any atom is -0.315 e. The Labute approximate surface area is 112 Å². The number of hydrogen-bond donors (Lipinski definition) is 1. The van der Waals surface area contributed by atoms with Crippen molar-refractivity contribution in [1.82, 2.24) is 20.0 Å². The van der Waals surface area contributed by atoms with Crippen molar-refractivity contribution in [2.45, 2.75) is 25.8 Å². The van der Waals surface area contributed by atoms with Gasteiger partial charge in [-0.3, -0.25) is 4.90 Å². The van der Waals surface area contributed by atoms with Gasteiger partial charge in [-0.1, -0.05) is 6.92 Å². The molecule has 1 atom stereocenters. The zero-order valence-corrected chi connectivity index (χ0v) is 12.2. The SMILES string of the molecule is CCC1CN(CCN2CCCNCC2)CCN1C. The standard InChI is InChI=1S/C14H30N4/c1-3-14-13-18(10-9-16(14)2)12-11-17-7-4-5-15-6-8-17/h14-15H,3-13H2,1-2H3. The van der Waals surface area contributed by atoms with Crippen molar-refractivity contribution in [2.24, 2.45) is 0 Å². The lowest BCUT2D eigenvalue weighted by Crippen LogP contribution is -2.52. The van der Waals surface area contributed by atoms with Crippen molar-refractivity contribution in [1.29, 1.82) is 0 Å². The molecule has 1 unspecified atom stereocenters. The van der Waals surface area contributed by atoms with Crippen LogP contribution in [0, 0.1) is 0 Å². The number of likely N-dealkylation sites (N-methyl/N-ethyl adjacent to an activating group) is 1. The summed E-state index contributed by atoms with van der Waals surface area (Å²) in [6, 6.07) is 0.768. The molecule has 0 amide bonds. The lowest BCUT2D eigenvalue weighted by atomic mass is 10.1. The summed E-state index contributed by atoms with van der Waals surface area (Å²) >= 11 is 0. The Morgan fingerprint density at radius 3 is 2.67 bits per heavy atom. The summed E-state index contributed by atoms with van der Waals surface area (Å²) in [6.07, 6.45) is 2.58. The van der Waals surface area contributed by atoms with Crippen LogP contribution in [-0.4, -0.2) is 86.7 Å². The molecule has 0 bridgehead atoms. The van der Waals surface area contributed by atoms with E-state index in [4.69, 9.17) is 0 Å². The Morgan fingerprint density at radius 2 is 1.83 bits per heavy atom. The molecule has 0 aromatic heterocycles. The van der Waals surface area contributed by atoms with Gasteiger partial charge in [0.05, 0.1) is 0 Å². The third-order valence-corrected chi connectivity index (χ3v) is 4.50. The first kappa shape index (κ1) is 14.3. The number of piperazine rings is 1. The zero-order valence-electron chi connectivity index (χ0n) is 12.2. The van der Waals surface area contributed by atoms with E-state index in [0.29, 0.717) is 0 Å². The Morgan fingerprint density at radius 1 is 1.00 bits per heavy atom. The zero-order chi connectivity index (χ0) is 12.8. The van der Waals surface area contributed by atoms with Gasteiger partial charge in [0.2, 0.25) is 0 Å². The van der Waals surface area contributed by atoms with E-state index < -0.39 is 0 Å². The van der Waals surface area contributed by atoms with E-state index in [-0.39, 0.29) is 0 Å².